The standard InChI is InChI=1S/C8H14N2O2S2/c1-6-5-13-7(4-9)8(6)14(11,12)10(2)3/h5H,4,9H2,1-3H3. The Bertz CT molecular complexity index is 421. The van der Waals surface area contributed by atoms with E-state index in [1.54, 1.807) is 6.92 Å². The second-order valence-corrected chi connectivity index (χ2v) is 6.22. The molecular weight excluding hydrogens is 220 g/mol. The minimum absolute atomic E-state index is 0.265. The third-order valence-corrected chi connectivity index (χ3v) is 5.22. The molecule has 0 aliphatic heterocycles. The maximum absolute atomic E-state index is 11.9. The molecule has 0 radical (unpaired) electrons. The average molecular weight is 234 g/mol. The first-order chi connectivity index (χ1) is 6.41. The molecule has 0 saturated heterocycles. The lowest BCUT2D eigenvalue weighted by Crippen LogP contribution is -2.23. The van der Waals surface area contributed by atoms with Gasteiger partial charge in [-0.1, -0.05) is 0 Å². The van der Waals surface area contributed by atoms with Crippen molar-refractivity contribution in [1.82, 2.24) is 4.31 Å². The van der Waals surface area contributed by atoms with Crippen molar-refractivity contribution in [2.45, 2.75) is 18.4 Å². The molecule has 0 atom stereocenters. The summed E-state index contributed by atoms with van der Waals surface area (Å²) in [4.78, 5) is 1.09. The van der Waals surface area contributed by atoms with Crippen molar-refractivity contribution in [2.75, 3.05) is 14.1 Å². The largest absolute Gasteiger partial charge is 0.326 e. The maximum Gasteiger partial charge on any atom is 0.243 e. The average Bonchev–Trinajstić information content (AvgIpc) is 2.46. The van der Waals surface area contributed by atoms with Crippen molar-refractivity contribution in [3.8, 4) is 0 Å². The summed E-state index contributed by atoms with van der Waals surface area (Å²) in [5.41, 5.74) is 6.26. The molecule has 1 aromatic heterocycles. The Morgan fingerprint density at radius 3 is 2.50 bits per heavy atom. The van der Waals surface area contributed by atoms with Gasteiger partial charge in [-0.15, -0.1) is 11.3 Å². The van der Waals surface area contributed by atoms with Crippen molar-refractivity contribution in [2.24, 2.45) is 5.73 Å². The summed E-state index contributed by atoms with van der Waals surface area (Å²) >= 11 is 1.39. The molecule has 0 saturated carbocycles. The summed E-state index contributed by atoms with van der Waals surface area (Å²) in [7, 11) is -0.302. The Morgan fingerprint density at radius 1 is 1.50 bits per heavy atom. The van der Waals surface area contributed by atoms with Gasteiger partial charge < -0.3 is 5.73 Å². The molecular formula is C8H14N2O2S2. The Hall–Kier alpha value is -0.430. The Morgan fingerprint density at radius 2 is 2.07 bits per heavy atom. The maximum atomic E-state index is 11.9. The van der Waals surface area contributed by atoms with Crippen LogP contribution in [-0.4, -0.2) is 26.8 Å². The summed E-state index contributed by atoms with van der Waals surface area (Å²) in [6.45, 7) is 2.05. The van der Waals surface area contributed by atoms with Crippen LogP contribution >= 0.6 is 11.3 Å². The molecule has 0 unspecified atom stereocenters. The van der Waals surface area contributed by atoms with Crippen molar-refractivity contribution in [3.63, 3.8) is 0 Å². The highest BCUT2D eigenvalue weighted by Gasteiger charge is 2.24. The van der Waals surface area contributed by atoms with E-state index < -0.39 is 10.0 Å². The molecule has 0 spiro atoms. The van der Waals surface area contributed by atoms with Crippen LogP contribution in [0.5, 0.6) is 0 Å². The molecule has 14 heavy (non-hydrogen) atoms. The third kappa shape index (κ3) is 1.83. The summed E-state index contributed by atoms with van der Waals surface area (Å²) in [5.74, 6) is 0. The number of hydrogen-bond acceptors (Lipinski definition) is 4. The Labute approximate surface area is 88.4 Å². The van der Waals surface area contributed by atoms with Gasteiger partial charge in [0.2, 0.25) is 10.0 Å². The fourth-order valence-electron chi connectivity index (χ4n) is 1.16. The number of rotatable bonds is 3. The summed E-state index contributed by atoms with van der Waals surface area (Å²) < 4.78 is 25.0. The van der Waals surface area contributed by atoms with E-state index in [0.29, 0.717) is 4.90 Å². The van der Waals surface area contributed by atoms with Crippen LogP contribution in [-0.2, 0) is 16.6 Å². The van der Waals surface area contributed by atoms with Crippen molar-refractivity contribution < 1.29 is 8.42 Å². The zero-order valence-corrected chi connectivity index (χ0v) is 10.1. The van der Waals surface area contributed by atoms with Crippen LogP contribution in [0.3, 0.4) is 0 Å². The lowest BCUT2D eigenvalue weighted by molar-refractivity contribution is 0.519. The lowest BCUT2D eigenvalue weighted by Gasteiger charge is -2.12. The highest BCUT2D eigenvalue weighted by Crippen LogP contribution is 2.27. The van der Waals surface area contributed by atoms with Gasteiger partial charge in [0.05, 0.1) is 0 Å². The predicted octanol–water partition coefficient (Wildman–Crippen LogP) is 0.766. The number of nitrogens with zero attached hydrogens (tertiary/aromatic N) is 1. The summed E-state index contributed by atoms with van der Waals surface area (Å²) in [6, 6.07) is 0. The Balaban J connectivity index is 3.38. The van der Waals surface area contributed by atoms with Gasteiger partial charge >= 0.3 is 0 Å². The Kier molecular flexibility index (Phi) is 3.31. The van der Waals surface area contributed by atoms with E-state index in [2.05, 4.69) is 0 Å². The molecule has 80 valence electrons. The van der Waals surface area contributed by atoms with Gasteiger partial charge in [0.25, 0.3) is 0 Å². The number of aryl methyl sites for hydroxylation is 1. The molecule has 0 aliphatic rings. The molecule has 6 heteroatoms. The summed E-state index contributed by atoms with van der Waals surface area (Å²) in [5, 5.41) is 1.82. The monoisotopic (exact) mass is 234 g/mol. The van der Waals surface area contributed by atoms with Gasteiger partial charge in [-0.05, 0) is 17.9 Å². The van der Waals surface area contributed by atoms with Crippen molar-refractivity contribution in [3.05, 3.63) is 15.8 Å². The van der Waals surface area contributed by atoms with Gasteiger partial charge in [-0.25, -0.2) is 12.7 Å². The third-order valence-electron chi connectivity index (χ3n) is 1.91. The molecule has 1 aromatic rings. The molecule has 0 amide bonds. The molecule has 2 N–H and O–H groups in total. The van der Waals surface area contributed by atoms with Gasteiger partial charge in [-0.3, -0.25) is 0 Å². The van der Waals surface area contributed by atoms with E-state index in [1.807, 2.05) is 5.38 Å². The second kappa shape index (κ2) is 3.98. The van der Waals surface area contributed by atoms with Gasteiger partial charge in [0.15, 0.2) is 0 Å². The van der Waals surface area contributed by atoms with Crippen LogP contribution in [0.2, 0.25) is 0 Å². The first-order valence-electron chi connectivity index (χ1n) is 4.10. The van der Waals surface area contributed by atoms with Crippen LogP contribution in [0, 0.1) is 6.92 Å². The molecule has 4 nitrogen and oxygen atoms in total. The SMILES string of the molecule is Cc1csc(CN)c1S(=O)(=O)N(C)C. The van der Waals surface area contributed by atoms with E-state index in [9.17, 15) is 8.42 Å². The molecule has 1 heterocycles. The van der Waals surface area contributed by atoms with Crippen LogP contribution in [0.4, 0.5) is 0 Å². The van der Waals surface area contributed by atoms with Crippen LogP contribution in [0.1, 0.15) is 10.4 Å². The lowest BCUT2D eigenvalue weighted by atomic mass is 10.3. The number of nitrogens with two attached hydrogens (primary N) is 1. The summed E-state index contributed by atoms with van der Waals surface area (Å²) in [6.07, 6.45) is 0. The van der Waals surface area contributed by atoms with E-state index in [-0.39, 0.29) is 6.54 Å². The highest BCUT2D eigenvalue weighted by molar-refractivity contribution is 7.89. The van der Waals surface area contributed by atoms with Crippen LogP contribution < -0.4 is 5.73 Å². The van der Waals surface area contributed by atoms with Gasteiger partial charge in [0.1, 0.15) is 4.90 Å². The van der Waals surface area contributed by atoms with E-state index in [0.717, 1.165) is 10.4 Å². The zero-order valence-electron chi connectivity index (χ0n) is 8.44. The predicted molar refractivity (Wildman–Crippen MR) is 57.8 cm³/mol. The van der Waals surface area contributed by atoms with Gasteiger partial charge in [-0.2, -0.15) is 0 Å². The van der Waals surface area contributed by atoms with Crippen LogP contribution in [0.25, 0.3) is 0 Å². The molecule has 0 bridgehead atoms. The topological polar surface area (TPSA) is 63.4 Å². The molecule has 0 aliphatic carbocycles. The van der Waals surface area contributed by atoms with E-state index in [1.165, 1.54) is 29.7 Å². The minimum Gasteiger partial charge on any atom is -0.326 e. The smallest absolute Gasteiger partial charge is 0.243 e. The van der Waals surface area contributed by atoms with Crippen molar-refractivity contribution in [1.29, 1.82) is 0 Å². The normalized spacial score (nSPS) is 12.4. The zero-order chi connectivity index (χ0) is 10.9. The fourth-order valence-corrected chi connectivity index (χ4v) is 3.70. The molecule has 0 aromatic carbocycles. The van der Waals surface area contributed by atoms with Crippen molar-refractivity contribution >= 4 is 21.4 Å². The fraction of sp³-hybridized carbons (Fsp3) is 0.500. The van der Waals surface area contributed by atoms with E-state index in [4.69, 9.17) is 5.73 Å². The minimum atomic E-state index is -3.34. The molecule has 0 fully saturated rings. The highest BCUT2D eigenvalue weighted by atomic mass is 32.2. The molecule has 1 rings (SSSR count). The quantitative estimate of drug-likeness (QED) is 0.840. The first kappa shape index (κ1) is 11.6. The second-order valence-electron chi connectivity index (χ2n) is 3.16. The number of hydrogen-bond donors (Lipinski definition) is 1. The number of sulfonamides is 1. The number of thiophene rings is 1. The first-order valence-corrected chi connectivity index (χ1v) is 6.42. The van der Waals surface area contributed by atoms with Crippen LogP contribution in [0.15, 0.2) is 10.3 Å². The van der Waals surface area contributed by atoms with E-state index >= 15 is 0 Å². The van der Waals surface area contributed by atoms with Gasteiger partial charge in [0, 0.05) is 25.5 Å².